The van der Waals surface area contributed by atoms with Crippen LogP contribution in [0.4, 0.5) is 14.5 Å². The Morgan fingerprint density at radius 3 is 2.69 bits per heavy atom. The van der Waals surface area contributed by atoms with Crippen LogP contribution in [0.25, 0.3) is 0 Å². The van der Waals surface area contributed by atoms with Crippen LogP contribution in [0.3, 0.4) is 0 Å². The lowest BCUT2D eigenvalue weighted by molar-refractivity contribution is -0.125. The van der Waals surface area contributed by atoms with Gasteiger partial charge in [0.15, 0.2) is 0 Å². The molecule has 0 fully saturated rings. The van der Waals surface area contributed by atoms with Crippen molar-refractivity contribution in [1.82, 2.24) is 0 Å². The van der Waals surface area contributed by atoms with E-state index in [4.69, 9.17) is 14.3 Å². The Hall–Kier alpha value is -3.16. The van der Waals surface area contributed by atoms with Crippen molar-refractivity contribution in [3.63, 3.8) is 0 Å². The molecule has 136 valence electrons. The second kappa shape index (κ2) is 7.38. The van der Waals surface area contributed by atoms with Crippen LogP contribution in [-0.4, -0.2) is 31.9 Å². The maximum absolute atomic E-state index is 13.7. The largest absolute Gasteiger partial charge is 0.497 e. The Kier molecular flexibility index (Phi) is 5.01. The third-order valence-electron chi connectivity index (χ3n) is 3.87. The molecule has 0 unspecified atom stereocenters. The Labute approximate surface area is 148 Å². The van der Waals surface area contributed by atoms with E-state index in [2.05, 4.69) is 10.5 Å². The topological polar surface area (TPSA) is 69.1 Å². The molecule has 2 aromatic rings. The zero-order valence-electron chi connectivity index (χ0n) is 14.1. The van der Waals surface area contributed by atoms with Crippen LogP contribution in [0.1, 0.15) is 12.0 Å². The van der Waals surface area contributed by atoms with Gasteiger partial charge in [-0.05, 0) is 30.3 Å². The number of rotatable bonds is 5. The normalized spacial score (nSPS) is 15.8. The second-order valence-corrected chi connectivity index (χ2v) is 5.52. The molecule has 6 nitrogen and oxygen atoms in total. The summed E-state index contributed by atoms with van der Waals surface area (Å²) in [6, 6.07) is 8.06. The number of benzene rings is 2. The van der Waals surface area contributed by atoms with Gasteiger partial charge >= 0.3 is 0 Å². The molecular weight excluding hydrogens is 346 g/mol. The molecule has 0 aromatic heterocycles. The minimum atomic E-state index is -0.939. The van der Waals surface area contributed by atoms with E-state index in [1.807, 2.05) is 0 Å². The van der Waals surface area contributed by atoms with E-state index in [1.54, 1.807) is 18.2 Å². The molecule has 0 radical (unpaired) electrons. The first-order valence-electron chi connectivity index (χ1n) is 7.73. The number of hydrogen-bond donors (Lipinski definition) is 1. The number of anilines is 1. The van der Waals surface area contributed by atoms with E-state index in [-0.39, 0.29) is 12.1 Å². The Bertz CT molecular complexity index is 870. The number of hydrogen-bond acceptors (Lipinski definition) is 5. The van der Waals surface area contributed by atoms with Crippen molar-refractivity contribution >= 4 is 17.3 Å². The van der Waals surface area contributed by atoms with Crippen LogP contribution in [0.15, 0.2) is 41.6 Å². The molecule has 1 atom stereocenters. The van der Waals surface area contributed by atoms with E-state index in [1.165, 1.54) is 14.2 Å². The molecule has 0 spiro atoms. The standard InChI is InChI=1S/C18H16F2N2O4/c1-24-11-4-6-16(25-2)12(8-11)15-9-17(26-22-15)18(23)21-14-5-3-10(19)7-13(14)20/h3-8,17H,9H2,1-2H3,(H,21,23)/t17-/m0/s1. The molecular formula is C18H16F2N2O4. The fourth-order valence-electron chi connectivity index (χ4n) is 2.52. The third-order valence-corrected chi connectivity index (χ3v) is 3.87. The van der Waals surface area contributed by atoms with Gasteiger partial charge in [-0.25, -0.2) is 8.78 Å². The van der Waals surface area contributed by atoms with Crippen molar-refractivity contribution in [1.29, 1.82) is 0 Å². The highest BCUT2D eigenvalue weighted by Crippen LogP contribution is 2.29. The number of carbonyl (C=O) groups excluding carboxylic acids is 1. The lowest BCUT2D eigenvalue weighted by atomic mass is 10.0. The van der Waals surface area contributed by atoms with Crippen molar-refractivity contribution < 1.29 is 27.9 Å². The molecule has 1 aliphatic heterocycles. The number of ether oxygens (including phenoxy) is 2. The summed E-state index contributed by atoms with van der Waals surface area (Å²) in [5, 5.41) is 6.30. The fraction of sp³-hybridized carbons (Fsp3) is 0.222. The Balaban J connectivity index is 1.72. The number of methoxy groups -OCH3 is 2. The molecule has 8 heteroatoms. The third kappa shape index (κ3) is 3.58. The molecule has 1 N–H and O–H groups in total. The van der Waals surface area contributed by atoms with Gasteiger partial charge in [0, 0.05) is 18.1 Å². The number of nitrogens with one attached hydrogen (secondary N) is 1. The summed E-state index contributed by atoms with van der Waals surface area (Å²) in [4.78, 5) is 17.5. The summed E-state index contributed by atoms with van der Waals surface area (Å²) in [7, 11) is 3.05. The first-order chi connectivity index (χ1) is 12.5. The van der Waals surface area contributed by atoms with Crippen molar-refractivity contribution in [2.24, 2.45) is 5.16 Å². The van der Waals surface area contributed by atoms with E-state index in [0.29, 0.717) is 28.8 Å². The molecule has 2 aromatic carbocycles. The number of amides is 1. The Morgan fingerprint density at radius 1 is 1.19 bits per heavy atom. The monoisotopic (exact) mass is 362 g/mol. The average Bonchev–Trinajstić information content (AvgIpc) is 3.13. The molecule has 26 heavy (non-hydrogen) atoms. The molecule has 1 heterocycles. The van der Waals surface area contributed by atoms with Gasteiger partial charge in [0.05, 0.1) is 25.6 Å². The summed E-state index contributed by atoms with van der Waals surface area (Å²) in [5.41, 5.74) is 1.00. The van der Waals surface area contributed by atoms with Gasteiger partial charge in [0.1, 0.15) is 23.1 Å². The first kappa shape index (κ1) is 17.7. The molecule has 1 amide bonds. The average molecular weight is 362 g/mol. The SMILES string of the molecule is COc1ccc(OC)c(C2=NO[C@H](C(=O)Nc3ccc(F)cc3F)C2)c1. The lowest BCUT2D eigenvalue weighted by Gasteiger charge is -2.11. The van der Waals surface area contributed by atoms with Crippen LogP contribution in [0, 0.1) is 11.6 Å². The minimum Gasteiger partial charge on any atom is -0.497 e. The van der Waals surface area contributed by atoms with Crippen LogP contribution in [0.5, 0.6) is 11.5 Å². The van der Waals surface area contributed by atoms with Gasteiger partial charge in [0.2, 0.25) is 6.10 Å². The van der Waals surface area contributed by atoms with Gasteiger partial charge in [-0.3, -0.25) is 4.79 Å². The van der Waals surface area contributed by atoms with Gasteiger partial charge in [-0.2, -0.15) is 0 Å². The van der Waals surface area contributed by atoms with Crippen LogP contribution in [-0.2, 0) is 9.63 Å². The zero-order chi connectivity index (χ0) is 18.7. The molecule has 3 rings (SSSR count). The van der Waals surface area contributed by atoms with Crippen molar-refractivity contribution in [3.8, 4) is 11.5 Å². The van der Waals surface area contributed by atoms with Crippen molar-refractivity contribution in [3.05, 3.63) is 53.6 Å². The van der Waals surface area contributed by atoms with Crippen LogP contribution < -0.4 is 14.8 Å². The van der Waals surface area contributed by atoms with Crippen molar-refractivity contribution in [2.45, 2.75) is 12.5 Å². The van der Waals surface area contributed by atoms with Crippen LogP contribution >= 0.6 is 0 Å². The van der Waals surface area contributed by atoms with E-state index in [0.717, 1.165) is 12.1 Å². The smallest absolute Gasteiger partial charge is 0.268 e. The first-order valence-corrected chi connectivity index (χ1v) is 7.73. The highest BCUT2D eigenvalue weighted by atomic mass is 19.1. The Morgan fingerprint density at radius 2 is 2.00 bits per heavy atom. The maximum Gasteiger partial charge on any atom is 0.268 e. The number of nitrogens with zero attached hydrogens (tertiary/aromatic N) is 1. The van der Waals surface area contributed by atoms with Crippen LogP contribution in [0.2, 0.25) is 0 Å². The predicted molar refractivity (Wildman–Crippen MR) is 90.6 cm³/mol. The van der Waals surface area contributed by atoms with Gasteiger partial charge < -0.3 is 19.6 Å². The highest BCUT2D eigenvalue weighted by molar-refractivity contribution is 6.07. The zero-order valence-corrected chi connectivity index (χ0v) is 14.1. The molecule has 0 saturated heterocycles. The van der Waals surface area contributed by atoms with Crippen molar-refractivity contribution in [2.75, 3.05) is 19.5 Å². The molecule has 0 aliphatic carbocycles. The molecule has 0 saturated carbocycles. The predicted octanol–water partition coefficient (Wildman–Crippen LogP) is 3.11. The second-order valence-electron chi connectivity index (χ2n) is 5.52. The minimum absolute atomic E-state index is 0.132. The maximum atomic E-state index is 13.7. The van der Waals surface area contributed by atoms with Gasteiger partial charge in [-0.1, -0.05) is 5.16 Å². The number of halogens is 2. The fourth-order valence-corrected chi connectivity index (χ4v) is 2.52. The number of oxime groups is 1. The van der Waals surface area contributed by atoms with E-state index >= 15 is 0 Å². The lowest BCUT2D eigenvalue weighted by Crippen LogP contribution is -2.28. The van der Waals surface area contributed by atoms with E-state index < -0.39 is 23.6 Å². The van der Waals surface area contributed by atoms with Gasteiger partial charge in [0.25, 0.3) is 5.91 Å². The summed E-state index contributed by atoms with van der Waals surface area (Å²) >= 11 is 0. The summed E-state index contributed by atoms with van der Waals surface area (Å²) in [6.07, 6.45) is -0.775. The number of carbonyl (C=O) groups is 1. The quantitative estimate of drug-likeness (QED) is 0.887. The molecule has 0 bridgehead atoms. The summed E-state index contributed by atoms with van der Waals surface area (Å²) in [6.45, 7) is 0. The molecule has 1 aliphatic rings. The summed E-state index contributed by atoms with van der Waals surface area (Å²) < 4.78 is 37.1. The van der Waals surface area contributed by atoms with Gasteiger partial charge in [-0.15, -0.1) is 0 Å². The summed E-state index contributed by atoms with van der Waals surface area (Å²) in [5.74, 6) is -1.03. The highest BCUT2D eigenvalue weighted by Gasteiger charge is 2.31. The van der Waals surface area contributed by atoms with E-state index in [9.17, 15) is 13.6 Å².